The van der Waals surface area contributed by atoms with Crippen LogP contribution in [-0.4, -0.2) is 51.2 Å². The molecule has 6 nitrogen and oxygen atoms in total. The van der Waals surface area contributed by atoms with E-state index < -0.39 is 0 Å². The summed E-state index contributed by atoms with van der Waals surface area (Å²) in [5, 5.41) is 10.4. The van der Waals surface area contributed by atoms with Gasteiger partial charge in [0, 0.05) is 37.5 Å². The second kappa shape index (κ2) is 8.69. The molecule has 0 saturated carbocycles. The van der Waals surface area contributed by atoms with Gasteiger partial charge in [0.15, 0.2) is 11.0 Å². The first-order valence-corrected chi connectivity index (χ1v) is 10.6. The summed E-state index contributed by atoms with van der Waals surface area (Å²) in [6.07, 6.45) is 1.83. The Morgan fingerprint density at radius 2 is 2.11 bits per heavy atom. The fraction of sp³-hybridized carbons (Fsp3) is 0.400. The molecule has 0 bridgehead atoms. The zero-order valence-electron chi connectivity index (χ0n) is 16.0. The smallest absolute Gasteiger partial charge is 0.191 e. The highest BCUT2D eigenvalue weighted by Gasteiger charge is 2.23. The van der Waals surface area contributed by atoms with Crippen molar-refractivity contribution in [1.82, 2.24) is 19.7 Å². The van der Waals surface area contributed by atoms with E-state index in [1.54, 1.807) is 18.0 Å². The molecule has 8 heteroatoms. The summed E-state index contributed by atoms with van der Waals surface area (Å²) >= 11 is 7.98. The number of hydrogen-bond donors (Lipinski definition) is 0. The van der Waals surface area contributed by atoms with Gasteiger partial charge < -0.3 is 13.7 Å². The fourth-order valence-corrected chi connectivity index (χ4v) is 4.46. The van der Waals surface area contributed by atoms with Gasteiger partial charge in [-0.1, -0.05) is 41.6 Å². The number of benzene rings is 1. The number of aromatic nitrogens is 3. The normalized spacial score (nSPS) is 17.9. The topological polar surface area (TPSA) is 56.3 Å². The molecule has 148 valence electrons. The van der Waals surface area contributed by atoms with Crippen LogP contribution in [0, 0.1) is 6.92 Å². The van der Waals surface area contributed by atoms with Gasteiger partial charge in [0.1, 0.15) is 5.76 Å². The Balaban J connectivity index is 1.36. The van der Waals surface area contributed by atoms with Crippen molar-refractivity contribution in [1.29, 1.82) is 0 Å². The number of rotatable bonds is 6. The van der Waals surface area contributed by atoms with E-state index in [1.165, 1.54) is 0 Å². The van der Waals surface area contributed by atoms with Crippen LogP contribution in [0.4, 0.5) is 0 Å². The van der Waals surface area contributed by atoms with Crippen molar-refractivity contribution in [3.05, 3.63) is 52.9 Å². The van der Waals surface area contributed by atoms with E-state index in [2.05, 4.69) is 21.2 Å². The van der Waals surface area contributed by atoms with Crippen LogP contribution in [-0.2, 0) is 18.3 Å². The molecule has 1 atom stereocenters. The number of ether oxygens (including phenoxy) is 1. The zero-order valence-corrected chi connectivity index (χ0v) is 17.5. The lowest BCUT2D eigenvalue weighted by Gasteiger charge is -2.32. The van der Waals surface area contributed by atoms with Gasteiger partial charge in [0.2, 0.25) is 0 Å². The van der Waals surface area contributed by atoms with Gasteiger partial charge >= 0.3 is 0 Å². The molecule has 3 aromatic rings. The van der Waals surface area contributed by atoms with Crippen molar-refractivity contribution in [3.8, 4) is 11.4 Å². The molecule has 1 saturated heterocycles. The lowest BCUT2D eigenvalue weighted by atomic mass is 10.2. The second-order valence-corrected chi connectivity index (χ2v) is 8.28. The Morgan fingerprint density at radius 1 is 1.25 bits per heavy atom. The van der Waals surface area contributed by atoms with Crippen LogP contribution in [0.1, 0.15) is 11.3 Å². The number of morpholine rings is 1. The van der Waals surface area contributed by atoms with Gasteiger partial charge in [-0.3, -0.25) is 4.90 Å². The first-order chi connectivity index (χ1) is 13.6. The number of hydrogen-bond acceptors (Lipinski definition) is 6. The largest absolute Gasteiger partial charge is 0.469 e. The van der Waals surface area contributed by atoms with Crippen LogP contribution in [0.25, 0.3) is 11.4 Å². The highest BCUT2D eigenvalue weighted by molar-refractivity contribution is 7.99. The molecule has 1 fully saturated rings. The van der Waals surface area contributed by atoms with E-state index in [0.717, 1.165) is 64.9 Å². The predicted molar refractivity (Wildman–Crippen MR) is 111 cm³/mol. The second-order valence-electron chi connectivity index (χ2n) is 6.89. The summed E-state index contributed by atoms with van der Waals surface area (Å²) in [7, 11) is 1.98. The van der Waals surface area contributed by atoms with Crippen molar-refractivity contribution in [2.45, 2.75) is 24.7 Å². The standard InChI is InChI=1S/C20H23ClN4O2S/c1-14-17(7-9-26-14)19-22-23-20(24(19)2)28-13-16-12-25(8-10-27-16)11-15-5-3-4-6-18(15)21/h3-7,9,16H,8,10-13H2,1-2H3/t16-/m0/s1. The van der Waals surface area contributed by atoms with Crippen molar-refractivity contribution < 1.29 is 9.15 Å². The fourth-order valence-electron chi connectivity index (χ4n) is 3.35. The lowest BCUT2D eigenvalue weighted by Crippen LogP contribution is -2.43. The lowest BCUT2D eigenvalue weighted by molar-refractivity contribution is -0.0187. The van der Waals surface area contributed by atoms with Crippen molar-refractivity contribution in [2.24, 2.45) is 7.05 Å². The van der Waals surface area contributed by atoms with Crippen molar-refractivity contribution in [2.75, 3.05) is 25.4 Å². The highest BCUT2D eigenvalue weighted by Crippen LogP contribution is 2.27. The molecule has 0 unspecified atom stereocenters. The molecule has 0 aliphatic carbocycles. The zero-order chi connectivity index (χ0) is 19.5. The summed E-state index contributed by atoms with van der Waals surface area (Å²) in [5.41, 5.74) is 2.13. The van der Waals surface area contributed by atoms with E-state index in [9.17, 15) is 0 Å². The van der Waals surface area contributed by atoms with Gasteiger partial charge in [-0.2, -0.15) is 0 Å². The Hall–Kier alpha value is -1.80. The third-order valence-electron chi connectivity index (χ3n) is 4.91. The first-order valence-electron chi connectivity index (χ1n) is 9.26. The van der Waals surface area contributed by atoms with E-state index in [0.29, 0.717) is 0 Å². The number of furan rings is 1. The van der Waals surface area contributed by atoms with E-state index >= 15 is 0 Å². The SMILES string of the molecule is Cc1occc1-c1nnc(SC[C@@H]2CN(Cc3ccccc3Cl)CCO2)n1C. The molecular formula is C20H23ClN4O2S. The molecule has 1 aliphatic rings. The average molecular weight is 419 g/mol. The number of aryl methyl sites for hydroxylation is 1. The summed E-state index contributed by atoms with van der Waals surface area (Å²) < 4.78 is 13.4. The number of thioether (sulfide) groups is 1. The van der Waals surface area contributed by atoms with E-state index in [1.807, 2.05) is 42.8 Å². The minimum atomic E-state index is 0.150. The molecular weight excluding hydrogens is 396 g/mol. The van der Waals surface area contributed by atoms with Crippen LogP contribution < -0.4 is 0 Å². The van der Waals surface area contributed by atoms with Gasteiger partial charge in [0.05, 0.1) is 24.5 Å². The van der Waals surface area contributed by atoms with Gasteiger partial charge in [0.25, 0.3) is 0 Å². The van der Waals surface area contributed by atoms with Gasteiger partial charge in [-0.25, -0.2) is 0 Å². The predicted octanol–water partition coefficient (Wildman–Crippen LogP) is 4.03. The maximum atomic E-state index is 6.31. The molecule has 4 rings (SSSR count). The Labute approximate surface area is 173 Å². The van der Waals surface area contributed by atoms with Crippen LogP contribution in [0.15, 0.2) is 46.2 Å². The van der Waals surface area contributed by atoms with E-state index in [4.69, 9.17) is 20.8 Å². The highest BCUT2D eigenvalue weighted by atomic mass is 35.5. The molecule has 3 heterocycles. The van der Waals surface area contributed by atoms with Crippen LogP contribution in [0.5, 0.6) is 0 Å². The minimum absolute atomic E-state index is 0.150. The van der Waals surface area contributed by atoms with Crippen LogP contribution >= 0.6 is 23.4 Å². The van der Waals surface area contributed by atoms with Gasteiger partial charge in [-0.15, -0.1) is 10.2 Å². The summed E-state index contributed by atoms with van der Waals surface area (Å²) in [5.74, 6) is 2.49. The van der Waals surface area contributed by atoms with E-state index in [-0.39, 0.29) is 6.10 Å². The van der Waals surface area contributed by atoms with Crippen LogP contribution in [0.2, 0.25) is 5.02 Å². The third-order valence-corrected chi connectivity index (χ3v) is 6.43. The third kappa shape index (κ3) is 4.27. The molecule has 0 amide bonds. The minimum Gasteiger partial charge on any atom is -0.469 e. The molecule has 1 aromatic carbocycles. The molecule has 0 N–H and O–H groups in total. The summed E-state index contributed by atoms with van der Waals surface area (Å²) in [6, 6.07) is 9.94. The van der Waals surface area contributed by atoms with Crippen molar-refractivity contribution in [3.63, 3.8) is 0 Å². The molecule has 1 aliphatic heterocycles. The Morgan fingerprint density at radius 3 is 2.89 bits per heavy atom. The Kier molecular flexibility index (Phi) is 6.06. The summed E-state index contributed by atoms with van der Waals surface area (Å²) in [4.78, 5) is 2.40. The summed E-state index contributed by atoms with van der Waals surface area (Å²) in [6.45, 7) is 5.30. The number of nitrogens with zero attached hydrogens (tertiary/aromatic N) is 4. The molecule has 28 heavy (non-hydrogen) atoms. The average Bonchev–Trinajstić information content (AvgIpc) is 3.27. The van der Waals surface area contributed by atoms with Gasteiger partial charge in [-0.05, 0) is 24.6 Å². The maximum absolute atomic E-state index is 6.31. The Bertz CT molecular complexity index is 942. The molecule has 2 aromatic heterocycles. The molecule has 0 spiro atoms. The quantitative estimate of drug-likeness (QED) is 0.563. The van der Waals surface area contributed by atoms with Crippen LogP contribution in [0.3, 0.4) is 0 Å². The first kappa shape index (κ1) is 19.5. The van der Waals surface area contributed by atoms with Crippen molar-refractivity contribution >= 4 is 23.4 Å². The monoisotopic (exact) mass is 418 g/mol. The maximum Gasteiger partial charge on any atom is 0.191 e. The number of halogens is 1. The molecule has 0 radical (unpaired) electrons.